The quantitative estimate of drug-likeness (QED) is 0.784. The molecule has 0 radical (unpaired) electrons. The van der Waals surface area contributed by atoms with Gasteiger partial charge in [0.05, 0.1) is 12.0 Å². The van der Waals surface area contributed by atoms with Gasteiger partial charge in [0, 0.05) is 7.05 Å². The monoisotopic (exact) mass is 258 g/mol. The summed E-state index contributed by atoms with van der Waals surface area (Å²) in [6, 6.07) is 5.90. The second-order valence-electron chi connectivity index (χ2n) is 4.49. The van der Waals surface area contributed by atoms with Gasteiger partial charge < -0.3 is 14.0 Å². The molecule has 1 aromatic heterocycles. The third-order valence-corrected chi connectivity index (χ3v) is 3.26. The van der Waals surface area contributed by atoms with Crippen molar-refractivity contribution in [3.8, 4) is 11.5 Å². The van der Waals surface area contributed by atoms with E-state index in [-0.39, 0.29) is 6.79 Å². The third kappa shape index (κ3) is 2.19. The minimum Gasteiger partial charge on any atom is -0.454 e. The van der Waals surface area contributed by atoms with Crippen molar-refractivity contribution < 1.29 is 14.3 Å². The molecule has 0 fully saturated rings. The van der Waals surface area contributed by atoms with Crippen molar-refractivity contribution in [1.82, 2.24) is 9.55 Å². The molecule has 2 heterocycles. The highest BCUT2D eigenvalue weighted by Gasteiger charge is 2.14. The topological polar surface area (TPSA) is 53.4 Å². The van der Waals surface area contributed by atoms with E-state index in [1.54, 1.807) is 10.9 Å². The number of aldehydes is 1. The molecule has 1 aliphatic rings. The smallest absolute Gasteiger partial charge is 0.231 e. The molecule has 19 heavy (non-hydrogen) atoms. The predicted molar refractivity (Wildman–Crippen MR) is 68.6 cm³/mol. The zero-order chi connectivity index (χ0) is 13.2. The molecule has 0 saturated heterocycles. The van der Waals surface area contributed by atoms with Crippen molar-refractivity contribution in [1.29, 1.82) is 0 Å². The van der Waals surface area contributed by atoms with Crippen LogP contribution < -0.4 is 9.47 Å². The number of benzene rings is 1. The minimum atomic E-state index is 0.286. The highest BCUT2D eigenvalue weighted by Crippen LogP contribution is 2.32. The summed E-state index contributed by atoms with van der Waals surface area (Å²) in [4.78, 5) is 15.2. The summed E-state index contributed by atoms with van der Waals surface area (Å²) in [5.74, 6) is 1.57. The SMILES string of the molecule is Cn1cnc(CCc2ccc3c(c2)OCO3)c1C=O. The fraction of sp³-hybridized carbons (Fsp3) is 0.286. The number of ether oxygens (including phenoxy) is 2. The lowest BCUT2D eigenvalue weighted by atomic mass is 10.1. The number of imidazole rings is 1. The molecular weight excluding hydrogens is 244 g/mol. The summed E-state index contributed by atoms with van der Waals surface area (Å²) in [5.41, 5.74) is 2.61. The zero-order valence-corrected chi connectivity index (χ0v) is 10.6. The van der Waals surface area contributed by atoms with E-state index in [2.05, 4.69) is 4.98 Å². The van der Waals surface area contributed by atoms with E-state index in [1.165, 1.54) is 0 Å². The number of rotatable bonds is 4. The Bertz CT molecular complexity index is 619. The van der Waals surface area contributed by atoms with Crippen LogP contribution in [0.25, 0.3) is 0 Å². The Balaban J connectivity index is 1.74. The maximum absolute atomic E-state index is 11.0. The molecule has 0 aliphatic carbocycles. The summed E-state index contributed by atoms with van der Waals surface area (Å²) in [5, 5.41) is 0. The highest BCUT2D eigenvalue weighted by molar-refractivity contribution is 5.73. The lowest BCUT2D eigenvalue weighted by molar-refractivity contribution is 0.111. The molecule has 3 rings (SSSR count). The Morgan fingerprint density at radius 1 is 1.32 bits per heavy atom. The van der Waals surface area contributed by atoms with Crippen LogP contribution in [0.1, 0.15) is 21.7 Å². The van der Waals surface area contributed by atoms with Crippen LogP contribution in [0.3, 0.4) is 0 Å². The highest BCUT2D eigenvalue weighted by atomic mass is 16.7. The van der Waals surface area contributed by atoms with Crippen LogP contribution in [0.5, 0.6) is 11.5 Å². The lowest BCUT2D eigenvalue weighted by Gasteiger charge is -2.03. The summed E-state index contributed by atoms with van der Waals surface area (Å²) in [7, 11) is 1.82. The van der Waals surface area contributed by atoms with Gasteiger partial charge in [0.15, 0.2) is 17.8 Å². The molecule has 1 aromatic carbocycles. The fourth-order valence-corrected chi connectivity index (χ4v) is 2.19. The van der Waals surface area contributed by atoms with E-state index in [0.29, 0.717) is 5.69 Å². The Morgan fingerprint density at radius 3 is 3.00 bits per heavy atom. The number of hydrogen-bond acceptors (Lipinski definition) is 4. The van der Waals surface area contributed by atoms with Crippen LogP contribution in [0.15, 0.2) is 24.5 Å². The number of fused-ring (bicyclic) bond motifs is 1. The summed E-state index contributed by atoms with van der Waals surface area (Å²) in [6.07, 6.45) is 4.06. The van der Waals surface area contributed by atoms with Crippen LogP contribution in [0.2, 0.25) is 0 Å². The largest absolute Gasteiger partial charge is 0.454 e. The first-order valence-corrected chi connectivity index (χ1v) is 6.12. The molecule has 1 aliphatic heterocycles. The zero-order valence-electron chi connectivity index (χ0n) is 10.6. The molecule has 0 spiro atoms. The van der Waals surface area contributed by atoms with Gasteiger partial charge in [-0.25, -0.2) is 4.98 Å². The first kappa shape index (κ1) is 11.8. The molecule has 2 aromatic rings. The maximum Gasteiger partial charge on any atom is 0.231 e. The van der Waals surface area contributed by atoms with Gasteiger partial charge >= 0.3 is 0 Å². The van der Waals surface area contributed by atoms with E-state index < -0.39 is 0 Å². The van der Waals surface area contributed by atoms with Crippen LogP contribution in [0.4, 0.5) is 0 Å². The van der Waals surface area contributed by atoms with Crippen molar-refractivity contribution in [2.75, 3.05) is 6.79 Å². The number of carbonyl (C=O) groups excluding carboxylic acids is 1. The summed E-state index contributed by atoms with van der Waals surface area (Å²) < 4.78 is 12.4. The van der Waals surface area contributed by atoms with E-state index >= 15 is 0 Å². The Hall–Kier alpha value is -2.30. The molecule has 0 atom stereocenters. The molecule has 0 saturated carbocycles. The van der Waals surface area contributed by atoms with Crippen LogP contribution >= 0.6 is 0 Å². The van der Waals surface area contributed by atoms with Crippen LogP contribution in [0, 0.1) is 0 Å². The molecule has 0 N–H and O–H groups in total. The molecule has 0 bridgehead atoms. The van der Waals surface area contributed by atoms with Gasteiger partial charge in [-0.2, -0.15) is 0 Å². The number of hydrogen-bond donors (Lipinski definition) is 0. The van der Waals surface area contributed by atoms with Crippen molar-refractivity contribution in [3.05, 3.63) is 41.5 Å². The van der Waals surface area contributed by atoms with Crippen molar-refractivity contribution in [3.63, 3.8) is 0 Å². The average molecular weight is 258 g/mol. The number of aromatic nitrogens is 2. The van der Waals surface area contributed by atoms with Gasteiger partial charge in [0.25, 0.3) is 0 Å². The number of aryl methyl sites for hydroxylation is 3. The van der Waals surface area contributed by atoms with E-state index in [1.807, 2.05) is 25.2 Å². The first-order chi connectivity index (χ1) is 9.28. The molecule has 5 heteroatoms. The second-order valence-corrected chi connectivity index (χ2v) is 4.49. The van der Waals surface area contributed by atoms with Crippen molar-refractivity contribution in [2.45, 2.75) is 12.8 Å². The normalized spacial score (nSPS) is 12.7. The van der Waals surface area contributed by atoms with Gasteiger partial charge in [-0.1, -0.05) is 6.07 Å². The lowest BCUT2D eigenvalue weighted by Crippen LogP contribution is -1.99. The molecule has 0 amide bonds. The van der Waals surface area contributed by atoms with Crippen LogP contribution in [-0.2, 0) is 19.9 Å². The van der Waals surface area contributed by atoms with E-state index in [0.717, 1.165) is 41.9 Å². The van der Waals surface area contributed by atoms with Gasteiger partial charge in [0.2, 0.25) is 6.79 Å². The molecule has 98 valence electrons. The van der Waals surface area contributed by atoms with E-state index in [9.17, 15) is 4.79 Å². The third-order valence-electron chi connectivity index (χ3n) is 3.26. The van der Waals surface area contributed by atoms with Crippen molar-refractivity contribution >= 4 is 6.29 Å². The predicted octanol–water partition coefficient (Wildman–Crippen LogP) is 1.75. The first-order valence-electron chi connectivity index (χ1n) is 6.12. The van der Waals surface area contributed by atoms with Gasteiger partial charge in [-0.05, 0) is 30.5 Å². The minimum absolute atomic E-state index is 0.286. The van der Waals surface area contributed by atoms with Gasteiger partial charge in [-0.15, -0.1) is 0 Å². The molecular formula is C14H14N2O3. The maximum atomic E-state index is 11.0. The fourth-order valence-electron chi connectivity index (χ4n) is 2.19. The molecule has 0 unspecified atom stereocenters. The van der Waals surface area contributed by atoms with Crippen molar-refractivity contribution in [2.24, 2.45) is 7.05 Å². The summed E-state index contributed by atoms with van der Waals surface area (Å²) >= 11 is 0. The summed E-state index contributed by atoms with van der Waals surface area (Å²) in [6.45, 7) is 0.286. The number of carbonyl (C=O) groups is 1. The Kier molecular flexibility index (Phi) is 2.95. The number of nitrogens with zero attached hydrogens (tertiary/aromatic N) is 2. The van der Waals surface area contributed by atoms with E-state index in [4.69, 9.17) is 9.47 Å². The Labute approximate surface area is 110 Å². The van der Waals surface area contributed by atoms with Crippen LogP contribution in [-0.4, -0.2) is 22.6 Å². The standard InChI is InChI=1S/C14H14N2O3/c1-16-8-15-11(12(16)7-17)4-2-10-3-5-13-14(6-10)19-9-18-13/h3,5-8H,2,4,9H2,1H3. The Morgan fingerprint density at radius 2 is 2.16 bits per heavy atom. The second kappa shape index (κ2) is 4.76. The van der Waals surface area contributed by atoms with Gasteiger partial charge in [-0.3, -0.25) is 4.79 Å². The van der Waals surface area contributed by atoms with Gasteiger partial charge in [0.1, 0.15) is 5.69 Å². The molecule has 5 nitrogen and oxygen atoms in total. The average Bonchev–Trinajstić information content (AvgIpc) is 3.01.